The number of nitrogens with two attached hydrogens (primary N) is 1. The predicted molar refractivity (Wildman–Crippen MR) is 86.2 cm³/mol. The van der Waals surface area contributed by atoms with E-state index in [-0.39, 0.29) is 11.9 Å². The van der Waals surface area contributed by atoms with E-state index < -0.39 is 0 Å². The van der Waals surface area contributed by atoms with Crippen LogP contribution in [-0.2, 0) is 11.3 Å². The molecule has 2 N–H and O–H groups in total. The number of amides is 1. The van der Waals surface area contributed by atoms with Gasteiger partial charge in [0.25, 0.3) is 0 Å². The van der Waals surface area contributed by atoms with Crippen LogP contribution < -0.4 is 5.73 Å². The summed E-state index contributed by atoms with van der Waals surface area (Å²) in [5.74, 6) is 1.23. The smallest absolute Gasteiger partial charge is 0.249 e. The summed E-state index contributed by atoms with van der Waals surface area (Å²) in [6.45, 7) is 3.15. The monoisotopic (exact) mass is 314 g/mol. The Morgan fingerprint density at radius 1 is 1.35 bits per heavy atom. The van der Waals surface area contributed by atoms with Crippen LogP contribution in [0.5, 0.6) is 0 Å². The summed E-state index contributed by atoms with van der Waals surface area (Å²) in [6.07, 6.45) is 3.47. The third-order valence-electron chi connectivity index (χ3n) is 4.30. The number of benzene rings is 1. The molecule has 1 fully saturated rings. The van der Waals surface area contributed by atoms with E-state index in [9.17, 15) is 4.79 Å². The van der Waals surface area contributed by atoms with Crippen molar-refractivity contribution < 1.29 is 9.32 Å². The molecular formula is C17H22N4O2. The SMILES string of the molecule is CCC(=O)N1CCCCC1c1nc(-c2ccc(CN)cc2)no1. The van der Waals surface area contributed by atoms with Crippen molar-refractivity contribution in [2.45, 2.75) is 45.2 Å². The third-order valence-corrected chi connectivity index (χ3v) is 4.30. The molecule has 23 heavy (non-hydrogen) atoms. The van der Waals surface area contributed by atoms with Gasteiger partial charge in [0.15, 0.2) is 0 Å². The molecule has 1 amide bonds. The van der Waals surface area contributed by atoms with Crippen molar-refractivity contribution in [3.8, 4) is 11.4 Å². The van der Waals surface area contributed by atoms with E-state index in [1.165, 1.54) is 0 Å². The van der Waals surface area contributed by atoms with E-state index in [0.717, 1.165) is 36.9 Å². The molecule has 6 nitrogen and oxygen atoms in total. The third kappa shape index (κ3) is 3.27. The molecule has 0 aliphatic carbocycles. The molecule has 1 unspecified atom stereocenters. The second-order valence-electron chi connectivity index (χ2n) is 5.81. The van der Waals surface area contributed by atoms with Crippen molar-refractivity contribution in [2.24, 2.45) is 5.73 Å². The number of likely N-dealkylation sites (tertiary alicyclic amines) is 1. The highest BCUT2D eigenvalue weighted by Crippen LogP contribution is 2.31. The zero-order valence-corrected chi connectivity index (χ0v) is 13.4. The summed E-state index contributed by atoms with van der Waals surface area (Å²) in [5.41, 5.74) is 7.56. The molecule has 3 rings (SSSR count). The molecule has 1 aromatic carbocycles. The Morgan fingerprint density at radius 3 is 2.83 bits per heavy atom. The molecule has 1 aromatic heterocycles. The van der Waals surface area contributed by atoms with Crippen molar-refractivity contribution in [2.75, 3.05) is 6.54 Å². The van der Waals surface area contributed by atoms with Gasteiger partial charge in [0, 0.05) is 25.1 Å². The summed E-state index contributed by atoms with van der Waals surface area (Å²) >= 11 is 0. The van der Waals surface area contributed by atoms with Gasteiger partial charge in [-0.25, -0.2) is 0 Å². The first-order chi connectivity index (χ1) is 11.2. The average molecular weight is 314 g/mol. The van der Waals surface area contributed by atoms with E-state index in [1.54, 1.807) is 0 Å². The van der Waals surface area contributed by atoms with Gasteiger partial charge in [0.2, 0.25) is 17.6 Å². The summed E-state index contributed by atoms with van der Waals surface area (Å²) in [6, 6.07) is 7.69. The number of hydrogen-bond acceptors (Lipinski definition) is 5. The van der Waals surface area contributed by atoms with Crippen molar-refractivity contribution in [1.29, 1.82) is 0 Å². The summed E-state index contributed by atoms with van der Waals surface area (Å²) in [5, 5.41) is 4.08. The Balaban J connectivity index is 1.83. The van der Waals surface area contributed by atoms with Gasteiger partial charge in [-0.3, -0.25) is 4.79 Å². The van der Waals surface area contributed by atoms with E-state index in [1.807, 2.05) is 36.1 Å². The van der Waals surface area contributed by atoms with Crippen LogP contribution in [0.3, 0.4) is 0 Å². The molecule has 1 aliphatic heterocycles. The molecular weight excluding hydrogens is 292 g/mol. The van der Waals surface area contributed by atoms with Crippen LogP contribution in [0, 0.1) is 0 Å². The molecule has 0 spiro atoms. The van der Waals surface area contributed by atoms with E-state index in [2.05, 4.69) is 10.1 Å². The minimum absolute atomic E-state index is 0.0965. The lowest BCUT2D eigenvalue weighted by atomic mass is 10.0. The van der Waals surface area contributed by atoms with Gasteiger partial charge >= 0.3 is 0 Å². The molecule has 0 radical (unpaired) electrons. The van der Waals surface area contributed by atoms with Crippen LogP contribution in [0.25, 0.3) is 11.4 Å². The zero-order valence-electron chi connectivity index (χ0n) is 13.4. The largest absolute Gasteiger partial charge is 0.337 e. The maximum absolute atomic E-state index is 12.1. The summed E-state index contributed by atoms with van der Waals surface area (Å²) in [4.78, 5) is 18.5. The Kier molecular flexibility index (Phi) is 4.71. The van der Waals surface area contributed by atoms with Gasteiger partial charge in [0.05, 0.1) is 0 Å². The molecule has 1 saturated heterocycles. The number of carbonyl (C=O) groups is 1. The molecule has 0 saturated carbocycles. The Labute approximate surface area is 135 Å². The van der Waals surface area contributed by atoms with Crippen molar-refractivity contribution in [3.05, 3.63) is 35.7 Å². The lowest BCUT2D eigenvalue weighted by Gasteiger charge is -2.33. The maximum Gasteiger partial charge on any atom is 0.249 e. The van der Waals surface area contributed by atoms with Gasteiger partial charge in [-0.15, -0.1) is 0 Å². The molecule has 122 valence electrons. The predicted octanol–water partition coefficient (Wildman–Crippen LogP) is 2.66. The maximum atomic E-state index is 12.1. The molecule has 2 heterocycles. The van der Waals surface area contributed by atoms with Gasteiger partial charge in [-0.2, -0.15) is 4.98 Å². The zero-order chi connectivity index (χ0) is 16.2. The Morgan fingerprint density at radius 2 is 2.13 bits per heavy atom. The quantitative estimate of drug-likeness (QED) is 0.937. The first-order valence-corrected chi connectivity index (χ1v) is 8.15. The standard InChI is InChI=1S/C17H22N4O2/c1-2-15(22)21-10-4-3-5-14(21)17-19-16(20-23-17)13-8-6-12(11-18)7-9-13/h6-9,14H,2-5,10-11,18H2,1H3. The van der Waals surface area contributed by atoms with Crippen LogP contribution in [0.15, 0.2) is 28.8 Å². The minimum atomic E-state index is -0.0965. The van der Waals surface area contributed by atoms with Gasteiger partial charge < -0.3 is 15.2 Å². The van der Waals surface area contributed by atoms with Crippen LogP contribution in [0.2, 0.25) is 0 Å². The van der Waals surface area contributed by atoms with Crippen LogP contribution >= 0.6 is 0 Å². The Bertz CT molecular complexity index is 665. The average Bonchev–Trinajstić information content (AvgIpc) is 3.11. The molecule has 0 bridgehead atoms. The number of hydrogen-bond donors (Lipinski definition) is 1. The van der Waals surface area contributed by atoms with E-state index in [0.29, 0.717) is 24.7 Å². The van der Waals surface area contributed by atoms with E-state index >= 15 is 0 Å². The molecule has 1 aliphatic rings. The fraction of sp³-hybridized carbons (Fsp3) is 0.471. The molecule has 2 aromatic rings. The lowest BCUT2D eigenvalue weighted by Crippen LogP contribution is -2.38. The Hall–Kier alpha value is -2.21. The highest BCUT2D eigenvalue weighted by Gasteiger charge is 2.31. The van der Waals surface area contributed by atoms with Crippen molar-refractivity contribution in [1.82, 2.24) is 15.0 Å². The van der Waals surface area contributed by atoms with Crippen LogP contribution in [0.1, 0.15) is 50.1 Å². The van der Waals surface area contributed by atoms with Crippen LogP contribution in [-0.4, -0.2) is 27.5 Å². The van der Waals surface area contributed by atoms with Gasteiger partial charge in [-0.1, -0.05) is 36.3 Å². The highest BCUT2D eigenvalue weighted by atomic mass is 16.5. The fourth-order valence-corrected chi connectivity index (χ4v) is 2.97. The fourth-order valence-electron chi connectivity index (χ4n) is 2.97. The van der Waals surface area contributed by atoms with Crippen LogP contribution in [0.4, 0.5) is 0 Å². The normalized spacial score (nSPS) is 18.2. The number of piperidine rings is 1. The summed E-state index contributed by atoms with van der Waals surface area (Å²) in [7, 11) is 0. The second kappa shape index (κ2) is 6.91. The minimum Gasteiger partial charge on any atom is -0.337 e. The number of rotatable bonds is 4. The highest BCUT2D eigenvalue weighted by molar-refractivity contribution is 5.76. The van der Waals surface area contributed by atoms with Crippen molar-refractivity contribution >= 4 is 5.91 Å². The van der Waals surface area contributed by atoms with Gasteiger partial charge in [0.1, 0.15) is 6.04 Å². The topological polar surface area (TPSA) is 85.2 Å². The molecule has 1 atom stereocenters. The first-order valence-electron chi connectivity index (χ1n) is 8.15. The number of nitrogens with zero attached hydrogens (tertiary/aromatic N) is 3. The number of aromatic nitrogens is 2. The summed E-state index contributed by atoms with van der Waals surface area (Å²) < 4.78 is 5.46. The van der Waals surface area contributed by atoms with E-state index in [4.69, 9.17) is 10.3 Å². The van der Waals surface area contributed by atoms with Crippen molar-refractivity contribution in [3.63, 3.8) is 0 Å². The lowest BCUT2D eigenvalue weighted by molar-refractivity contribution is -0.135. The molecule has 6 heteroatoms. The second-order valence-corrected chi connectivity index (χ2v) is 5.81. The van der Waals surface area contributed by atoms with Gasteiger partial charge in [-0.05, 0) is 24.8 Å². The number of carbonyl (C=O) groups excluding carboxylic acids is 1. The first kappa shape index (κ1) is 15.7.